The van der Waals surface area contributed by atoms with E-state index in [1.165, 1.54) is 19.2 Å². The lowest BCUT2D eigenvalue weighted by molar-refractivity contribution is -0.133. The average Bonchev–Trinajstić information content (AvgIpc) is 3.11. The summed E-state index contributed by atoms with van der Waals surface area (Å²) in [5, 5.41) is 7.51. The Labute approximate surface area is 106 Å². The van der Waals surface area contributed by atoms with Crippen LogP contribution in [0.15, 0.2) is 12.7 Å². The monoisotopic (exact) mass is 249 g/mol. The Bertz CT molecular complexity index is 399. The SMILES string of the molecule is O=C(Cn1cncn1)N1CCCC1C1CCCN1. The van der Waals surface area contributed by atoms with Gasteiger partial charge in [0.25, 0.3) is 0 Å². The lowest BCUT2D eigenvalue weighted by atomic mass is 10.0. The van der Waals surface area contributed by atoms with Gasteiger partial charge in [0.1, 0.15) is 19.2 Å². The molecule has 0 saturated carbocycles. The second-order valence-electron chi connectivity index (χ2n) is 5.09. The highest BCUT2D eigenvalue weighted by Crippen LogP contribution is 2.24. The summed E-state index contributed by atoms with van der Waals surface area (Å²) in [5.41, 5.74) is 0. The number of likely N-dealkylation sites (tertiary alicyclic amines) is 1. The molecule has 3 heterocycles. The highest BCUT2D eigenvalue weighted by Gasteiger charge is 2.35. The maximum absolute atomic E-state index is 12.3. The van der Waals surface area contributed by atoms with Gasteiger partial charge in [0.15, 0.2) is 0 Å². The van der Waals surface area contributed by atoms with Crippen LogP contribution in [0.3, 0.4) is 0 Å². The molecule has 2 fully saturated rings. The summed E-state index contributed by atoms with van der Waals surface area (Å²) in [7, 11) is 0. The van der Waals surface area contributed by atoms with Gasteiger partial charge in [-0.25, -0.2) is 9.67 Å². The first-order chi connectivity index (χ1) is 8.84. The maximum atomic E-state index is 12.3. The van der Waals surface area contributed by atoms with Crippen molar-refractivity contribution in [2.45, 2.75) is 44.3 Å². The Kier molecular flexibility index (Phi) is 3.27. The van der Waals surface area contributed by atoms with Crippen LogP contribution in [0.5, 0.6) is 0 Å². The van der Waals surface area contributed by atoms with Crippen LogP contribution in [0.2, 0.25) is 0 Å². The summed E-state index contributed by atoms with van der Waals surface area (Å²) in [6.45, 7) is 2.28. The first-order valence-corrected chi connectivity index (χ1v) is 6.70. The van der Waals surface area contributed by atoms with Crippen LogP contribution in [0.4, 0.5) is 0 Å². The molecule has 1 aromatic heterocycles. The smallest absolute Gasteiger partial charge is 0.244 e. The molecule has 2 aliphatic heterocycles. The third-order valence-corrected chi connectivity index (χ3v) is 3.95. The third-order valence-electron chi connectivity index (χ3n) is 3.95. The fourth-order valence-corrected chi connectivity index (χ4v) is 3.10. The van der Waals surface area contributed by atoms with Crippen molar-refractivity contribution in [3.8, 4) is 0 Å². The Balaban J connectivity index is 1.64. The molecule has 0 radical (unpaired) electrons. The van der Waals surface area contributed by atoms with E-state index in [0.717, 1.165) is 25.9 Å². The molecule has 1 N–H and O–H groups in total. The van der Waals surface area contributed by atoms with Gasteiger partial charge in [-0.2, -0.15) is 5.10 Å². The number of amides is 1. The first kappa shape index (κ1) is 11.6. The summed E-state index contributed by atoms with van der Waals surface area (Å²) in [4.78, 5) is 18.2. The second-order valence-corrected chi connectivity index (χ2v) is 5.09. The van der Waals surface area contributed by atoms with Gasteiger partial charge >= 0.3 is 0 Å². The minimum atomic E-state index is 0.164. The van der Waals surface area contributed by atoms with Gasteiger partial charge in [-0.3, -0.25) is 4.79 Å². The molecule has 98 valence electrons. The van der Waals surface area contributed by atoms with Crippen LogP contribution in [0.25, 0.3) is 0 Å². The average molecular weight is 249 g/mol. The molecule has 1 amide bonds. The maximum Gasteiger partial charge on any atom is 0.244 e. The van der Waals surface area contributed by atoms with Crippen LogP contribution >= 0.6 is 0 Å². The molecule has 2 aliphatic rings. The van der Waals surface area contributed by atoms with Crippen molar-refractivity contribution < 1.29 is 4.79 Å². The Morgan fingerprint density at radius 1 is 1.39 bits per heavy atom. The zero-order chi connectivity index (χ0) is 12.4. The van der Waals surface area contributed by atoms with E-state index >= 15 is 0 Å². The molecule has 2 saturated heterocycles. The molecule has 0 bridgehead atoms. The number of carbonyl (C=O) groups is 1. The van der Waals surface area contributed by atoms with Gasteiger partial charge in [0.2, 0.25) is 5.91 Å². The molecule has 1 aromatic rings. The lowest BCUT2D eigenvalue weighted by Crippen LogP contribution is -2.47. The van der Waals surface area contributed by atoms with E-state index in [9.17, 15) is 4.79 Å². The highest BCUT2D eigenvalue weighted by atomic mass is 16.2. The van der Waals surface area contributed by atoms with Crippen LogP contribution in [-0.4, -0.2) is 50.7 Å². The van der Waals surface area contributed by atoms with Gasteiger partial charge in [0.05, 0.1) is 0 Å². The Morgan fingerprint density at radius 2 is 2.33 bits per heavy atom. The Morgan fingerprint density at radius 3 is 3.06 bits per heavy atom. The molecule has 6 nitrogen and oxygen atoms in total. The number of rotatable bonds is 3. The molecule has 18 heavy (non-hydrogen) atoms. The topological polar surface area (TPSA) is 63.1 Å². The van der Waals surface area contributed by atoms with Crippen molar-refractivity contribution in [3.05, 3.63) is 12.7 Å². The van der Waals surface area contributed by atoms with E-state index in [4.69, 9.17) is 0 Å². The number of nitrogens with zero attached hydrogens (tertiary/aromatic N) is 4. The van der Waals surface area contributed by atoms with Crippen molar-refractivity contribution in [1.29, 1.82) is 0 Å². The van der Waals surface area contributed by atoms with Gasteiger partial charge in [-0.05, 0) is 32.2 Å². The number of nitrogens with one attached hydrogen (secondary N) is 1. The quantitative estimate of drug-likeness (QED) is 0.820. The van der Waals surface area contributed by atoms with Crippen LogP contribution < -0.4 is 5.32 Å². The van der Waals surface area contributed by atoms with E-state index < -0.39 is 0 Å². The largest absolute Gasteiger partial charge is 0.337 e. The molecular weight excluding hydrogens is 230 g/mol. The van der Waals surface area contributed by atoms with Gasteiger partial charge in [-0.15, -0.1) is 0 Å². The van der Waals surface area contributed by atoms with E-state index in [1.807, 2.05) is 4.90 Å². The van der Waals surface area contributed by atoms with Gasteiger partial charge in [0, 0.05) is 18.6 Å². The third kappa shape index (κ3) is 2.25. The van der Waals surface area contributed by atoms with E-state index in [0.29, 0.717) is 18.6 Å². The summed E-state index contributed by atoms with van der Waals surface area (Å²) < 4.78 is 1.60. The van der Waals surface area contributed by atoms with Crippen LogP contribution in [-0.2, 0) is 11.3 Å². The second kappa shape index (κ2) is 5.06. The molecule has 3 rings (SSSR count). The fraction of sp³-hybridized carbons (Fsp3) is 0.750. The summed E-state index contributed by atoms with van der Waals surface area (Å²) in [6, 6.07) is 0.871. The minimum Gasteiger partial charge on any atom is -0.337 e. The van der Waals surface area contributed by atoms with Crippen molar-refractivity contribution in [2.24, 2.45) is 0 Å². The first-order valence-electron chi connectivity index (χ1n) is 6.70. The number of hydrogen-bond acceptors (Lipinski definition) is 4. The number of hydrogen-bond donors (Lipinski definition) is 1. The number of aromatic nitrogens is 3. The van der Waals surface area contributed by atoms with Crippen LogP contribution in [0.1, 0.15) is 25.7 Å². The predicted molar refractivity (Wildman–Crippen MR) is 65.8 cm³/mol. The van der Waals surface area contributed by atoms with E-state index in [2.05, 4.69) is 15.4 Å². The number of carbonyl (C=O) groups excluding carboxylic acids is 1. The van der Waals surface area contributed by atoms with Gasteiger partial charge in [-0.1, -0.05) is 0 Å². The standard InChI is InChI=1S/C12H19N5O/c18-12(7-16-9-13-8-15-16)17-6-2-4-11(17)10-3-1-5-14-10/h8-11,14H,1-7H2. The minimum absolute atomic E-state index is 0.164. The molecule has 0 spiro atoms. The summed E-state index contributed by atoms with van der Waals surface area (Å²) >= 11 is 0. The zero-order valence-electron chi connectivity index (χ0n) is 10.5. The van der Waals surface area contributed by atoms with Crippen molar-refractivity contribution in [3.63, 3.8) is 0 Å². The van der Waals surface area contributed by atoms with Crippen molar-refractivity contribution >= 4 is 5.91 Å². The van der Waals surface area contributed by atoms with Crippen LogP contribution in [0, 0.1) is 0 Å². The van der Waals surface area contributed by atoms with E-state index in [-0.39, 0.29) is 5.91 Å². The predicted octanol–water partition coefficient (Wildman–Crippen LogP) is 0.0211. The van der Waals surface area contributed by atoms with E-state index in [1.54, 1.807) is 11.0 Å². The molecule has 6 heteroatoms. The molecular formula is C12H19N5O. The zero-order valence-corrected chi connectivity index (χ0v) is 10.5. The Hall–Kier alpha value is -1.43. The highest BCUT2D eigenvalue weighted by molar-refractivity contribution is 5.76. The normalized spacial score (nSPS) is 27.9. The molecule has 0 aliphatic carbocycles. The summed E-state index contributed by atoms with van der Waals surface area (Å²) in [6.07, 6.45) is 7.72. The fourth-order valence-electron chi connectivity index (χ4n) is 3.10. The van der Waals surface area contributed by atoms with Crippen molar-refractivity contribution in [1.82, 2.24) is 25.0 Å². The summed E-state index contributed by atoms with van der Waals surface area (Å²) in [5.74, 6) is 0.164. The molecule has 2 atom stereocenters. The molecule has 2 unspecified atom stereocenters. The van der Waals surface area contributed by atoms with Crippen molar-refractivity contribution in [2.75, 3.05) is 13.1 Å². The molecule has 0 aromatic carbocycles. The van der Waals surface area contributed by atoms with Gasteiger partial charge < -0.3 is 10.2 Å². The lowest BCUT2D eigenvalue weighted by Gasteiger charge is -2.29.